The van der Waals surface area contributed by atoms with Gasteiger partial charge in [-0.3, -0.25) is 4.79 Å². The van der Waals surface area contributed by atoms with Crippen molar-refractivity contribution in [3.8, 4) is 5.88 Å². The lowest BCUT2D eigenvalue weighted by molar-refractivity contribution is 0.0742. The predicted octanol–water partition coefficient (Wildman–Crippen LogP) is 1.75. The first-order valence-electron chi connectivity index (χ1n) is 9.79. The van der Waals surface area contributed by atoms with Crippen molar-refractivity contribution >= 4 is 17.7 Å². The molecular weight excluding hydrogens is 356 g/mol. The molecule has 0 radical (unpaired) electrons. The molecule has 2 aliphatic heterocycles. The number of carbonyl (C=O) groups is 1. The molecule has 0 spiro atoms. The van der Waals surface area contributed by atoms with E-state index in [9.17, 15) is 4.79 Å². The Balaban J connectivity index is 1.45. The topological polar surface area (TPSA) is 74.7 Å². The molecule has 28 heavy (non-hydrogen) atoms. The molecule has 4 rings (SSSR count). The maximum Gasteiger partial charge on any atom is 0.259 e. The number of rotatable bonds is 4. The number of methoxy groups -OCH3 is 1. The average molecular weight is 382 g/mol. The van der Waals surface area contributed by atoms with Gasteiger partial charge in [-0.05, 0) is 31.9 Å². The summed E-state index contributed by atoms with van der Waals surface area (Å²) in [4.78, 5) is 32.8. The normalized spacial score (nSPS) is 17.1. The highest BCUT2D eigenvalue weighted by molar-refractivity contribution is 5.96. The third-order valence-electron chi connectivity index (χ3n) is 5.30. The van der Waals surface area contributed by atoms with E-state index in [1.807, 2.05) is 11.8 Å². The zero-order valence-corrected chi connectivity index (χ0v) is 16.5. The van der Waals surface area contributed by atoms with Crippen molar-refractivity contribution in [2.24, 2.45) is 0 Å². The van der Waals surface area contributed by atoms with Gasteiger partial charge < -0.3 is 19.4 Å². The van der Waals surface area contributed by atoms with Crippen LogP contribution in [0.3, 0.4) is 0 Å². The fourth-order valence-electron chi connectivity index (χ4n) is 3.78. The molecule has 8 heteroatoms. The Labute approximate surface area is 165 Å². The summed E-state index contributed by atoms with van der Waals surface area (Å²) < 4.78 is 5.23. The van der Waals surface area contributed by atoms with E-state index < -0.39 is 0 Å². The number of ether oxygens (including phenoxy) is 1. The standard InChI is InChI=1S/C20H26N6O2/c1-15-14-17(24-8-3-4-9-24)23-20(22-15)26-12-10-25(11-13-26)19(27)16-6-5-7-21-18(16)28-2/h5-7,14H,3-4,8-13H2,1-2H3. The summed E-state index contributed by atoms with van der Waals surface area (Å²) in [5.41, 5.74) is 1.48. The number of hydrogen-bond acceptors (Lipinski definition) is 7. The lowest BCUT2D eigenvalue weighted by Crippen LogP contribution is -2.49. The minimum Gasteiger partial charge on any atom is -0.480 e. The monoisotopic (exact) mass is 382 g/mol. The Morgan fingerprint density at radius 2 is 1.79 bits per heavy atom. The van der Waals surface area contributed by atoms with Gasteiger partial charge in [0.25, 0.3) is 5.91 Å². The molecule has 0 N–H and O–H groups in total. The van der Waals surface area contributed by atoms with Gasteiger partial charge in [0.15, 0.2) is 0 Å². The minimum absolute atomic E-state index is 0.0486. The summed E-state index contributed by atoms with van der Waals surface area (Å²) >= 11 is 0. The number of nitrogens with zero attached hydrogens (tertiary/aromatic N) is 6. The average Bonchev–Trinajstić information content (AvgIpc) is 3.28. The first kappa shape index (κ1) is 18.5. The zero-order chi connectivity index (χ0) is 19.5. The molecule has 0 unspecified atom stereocenters. The van der Waals surface area contributed by atoms with E-state index in [1.54, 1.807) is 18.3 Å². The number of aryl methyl sites for hydroxylation is 1. The van der Waals surface area contributed by atoms with Crippen LogP contribution in [0.25, 0.3) is 0 Å². The van der Waals surface area contributed by atoms with Crippen LogP contribution >= 0.6 is 0 Å². The molecule has 2 fully saturated rings. The molecule has 0 saturated carbocycles. The summed E-state index contributed by atoms with van der Waals surface area (Å²) in [7, 11) is 1.53. The zero-order valence-electron chi connectivity index (χ0n) is 16.5. The molecule has 0 atom stereocenters. The van der Waals surface area contributed by atoms with Gasteiger partial charge in [0, 0.05) is 57.2 Å². The molecular formula is C20H26N6O2. The van der Waals surface area contributed by atoms with Gasteiger partial charge in [0.2, 0.25) is 11.8 Å². The maximum absolute atomic E-state index is 12.9. The first-order chi connectivity index (χ1) is 13.7. The van der Waals surface area contributed by atoms with Crippen LogP contribution < -0.4 is 14.5 Å². The summed E-state index contributed by atoms with van der Waals surface area (Å²) in [5, 5.41) is 0. The van der Waals surface area contributed by atoms with E-state index in [2.05, 4.69) is 25.8 Å². The summed E-state index contributed by atoms with van der Waals surface area (Å²) in [6.45, 7) is 6.78. The summed E-state index contributed by atoms with van der Waals surface area (Å²) in [6, 6.07) is 5.57. The molecule has 1 amide bonds. The third-order valence-corrected chi connectivity index (χ3v) is 5.30. The number of pyridine rings is 1. The fraction of sp³-hybridized carbons (Fsp3) is 0.500. The van der Waals surface area contributed by atoms with E-state index >= 15 is 0 Å². The Hall–Kier alpha value is -2.90. The van der Waals surface area contributed by atoms with Crippen LogP contribution in [0.2, 0.25) is 0 Å². The van der Waals surface area contributed by atoms with Crippen molar-refractivity contribution in [1.82, 2.24) is 19.9 Å². The van der Waals surface area contributed by atoms with Gasteiger partial charge in [-0.25, -0.2) is 9.97 Å². The second-order valence-electron chi connectivity index (χ2n) is 7.20. The van der Waals surface area contributed by atoms with E-state index in [-0.39, 0.29) is 5.91 Å². The van der Waals surface area contributed by atoms with E-state index in [0.29, 0.717) is 37.6 Å². The summed E-state index contributed by atoms with van der Waals surface area (Å²) in [6.07, 6.45) is 4.06. The molecule has 0 aromatic carbocycles. The highest BCUT2D eigenvalue weighted by atomic mass is 16.5. The first-order valence-corrected chi connectivity index (χ1v) is 9.79. The molecule has 2 aromatic heterocycles. The lowest BCUT2D eigenvalue weighted by Gasteiger charge is -2.35. The SMILES string of the molecule is COc1ncccc1C(=O)N1CCN(c2nc(C)cc(N3CCCC3)n2)CC1. The molecule has 148 valence electrons. The van der Waals surface area contributed by atoms with Crippen molar-refractivity contribution in [3.05, 3.63) is 35.7 Å². The maximum atomic E-state index is 12.9. The number of piperazine rings is 1. The van der Waals surface area contributed by atoms with Crippen molar-refractivity contribution < 1.29 is 9.53 Å². The molecule has 0 bridgehead atoms. The largest absolute Gasteiger partial charge is 0.480 e. The van der Waals surface area contributed by atoms with Gasteiger partial charge in [0.05, 0.1) is 7.11 Å². The minimum atomic E-state index is -0.0486. The fourth-order valence-corrected chi connectivity index (χ4v) is 3.78. The van der Waals surface area contributed by atoms with Gasteiger partial charge >= 0.3 is 0 Å². The smallest absolute Gasteiger partial charge is 0.259 e. The Morgan fingerprint density at radius 1 is 1.04 bits per heavy atom. The molecule has 0 aliphatic carbocycles. The molecule has 2 saturated heterocycles. The van der Waals surface area contributed by atoms with Crippen molar-refractivity contribution in [2.45, 2.75) is 19.8 Å². The van der Waals surface area contributed by atoms with Crippen LogP contribution in [0, 0.1) is 6.92 Å². The highest BCUT2D eigenvalue weighted by Gasteiger charge is 2.26. The van der Waals surface area contributed by atoms with Crippen molar-refractivity contribution in [2.75, 3.05) is 56.2 Å². The number of carbonyl (C=O) groups excluding carboxylic acids is 1. The third kappa shape index (κ3) is 3.72. The van der Waals surface area contributed by atoms with Crippen LogP contribution in [0.1, 0.15) is 28.9 Å². The Bertz CT molecular complexity index is 844. The molecule has 2 aliphatic rings. The quantitative estimate of drug-likeness (QED) is 0.797. The van der Waals surface area contributed by atoms with E-state index in [1.165, 1.54) is 20.0 Å². The second-order valence-corrected chi connectivity index (χ2v) is 7.20. The molecule has 8 nitrogen and oxygen atoms in total. The van der Waals surface area contributed by atoms with Crippen LogP contribution in [-0.4, -0.2) is 72.1 Å². The molecule has 4 heterocycles. The highest BCUT2D eigenvalue weighted by Crippen LogP contribution is 2.23. The van der Waals surface area contributed by atoms with Crippen molar-refractivity contribution in [3.63, 3.8) is 0 Å². The number of aromatic nitrogens is 3. The number of anilines is 2. The Kier molecular flexibility index (Phi) is 5.27. The lowest BCUT2D eigenvalue weighted by atomic mass is 10.2. The van der Waals surface area contributed by atoms with Gasteiger partial charge in [-0.15, -0.1) is 0 Å². The Morgan fingerprint density at radius 3 is 2.50 bits per heavy atom. The van der Waals surface area contributed by atoms with Gasteiger partial charge in [0.1, 0.15) is 11.4 Å². The van der Waals surface area contributed by atoms with Gasteiger partial charge in [-0.2, -0.15) is 4.98 Å². The van der Waals surface area contributed by atoms with Crippen molar-refractivity contribution in [1.29, 1.82) is 0 Å². The predicted molar refractivity (Wildman–Crippen MR) is 107 cm³/mol. The number of hydrogen-bond donors (Lipinski definition) is 0. The van der Waals surface area contributed by atoms with E-state index in [0.717, 1.165) is 30.5 Å². The van der Waals surface area contributed by atoms with Crippen LogP contribution in [0.5, 0.6) is 5.88 Å². The summed E-state index contributed by atoms with van der Waals surface area (Å²) in [5.74, 6) is 2.09. The van der Waals surface area contributed by atoms with Gasteiger partial charge in [-0.1, -0.05) is 0 Å². The molecule has 2 aromatic rings. The van der Waals surface area contributed by atoms with Crippen LogP contribution in [0.15, 0.2) is 24.4 Å². The van der Waals surface area contributed by atoms with Crippen LogP contribution in [-0.2, 0) is 0 Å². The number of amides is 1. The van der Waals surface area contributed by atoms with Crippen LogP contribution in [0.4, 0.5) is 11.8 Å². The van der Waals surface area contributed by atoms with E-state index in [4.69, 9.17) is 9.72 Å². The second kappa shape index (κ2) is 8.00.